The van der Waals surface area contributed by atoms with E-state index in [0.29, 0.717) is 41.8 Å². The van der Waals surface area contributed by atoms with Crippen molar-refractivity contribution >= 4 is 22.6 Å². The molecule has 0 saturated carbocycles. The molecule has 166 valence electrons. The molecule has 1 heterocycles. The van der Waals surface area contributed by atoms with Gasteiger partial charge in [-0.1, -0.05) is 37.8 Å². The Bertz CT molecular complexity index is 1220. The van der Waals surface area contributed by atoms with E-state index in [9.17, 15) is 14.4 Å². The number of aromatic nitrogens is 2. The van der Waals surface area contributed by atoms with E-state index in [-0.39, 0.29) is 16.8 Å². The molecule has 0 aliphatic carbocycles. The maximum absolute atomic E-state index is 12.8. The summed E-state index contributed by atoms with van der Waals surface area (Å²) in [5.74, 6) is -0.373. The second kappa shape index (κ2) is 10.3. The van der Waals surface area contributed by atoms with Crippen LogP contribution in [0.2, 0.25) is 0 Å². The molecule has 32 heavy (non-hydrogen) atoms. The van der Waals surface area contributed by atoms with Crippen LogP contribution in [-0.2, 0) is 6.54 Å². The molecule has 1 aromatic heterocycles. The number of nitrogens with one attached hydrogen (secondary N) is 2. The van der Waals surface area contributed by atoms with Crippen LogP contribution in [0.1, 0.15) is 34.2 Å². The summed E-state index contributed by atoms with van der Waals surface area (Å²) in [7, 11) is 1.46. The normalized spacial score (nSPS) is 10.4. The molecular formula is C23H24N4O5. The van der Waals surface area contributed by atoms with E-state index in [1.54, 1.807) is 36.4 Å². The number of fused-ring (bicyclic) bond motifs is 1. The number of nitrogens with zero attached hydrogens (tertiary/aromatic N) is 2. The van der Waals surface area contributed by atoms with Crippen LogP contribution < -0.4 is 25.9 Å². The predicted molar refractivity (Wildman–Crippen MR) is 120 cm³/mol. The van der Waals surface area contributed by atoms with Gasteiger partial charge in [-0.2, -0.15) is 5.10 Å². The molecule has 0 fully saturated rings. The number of methoxy groups -OCH3 is 1. The second-order valence-electron chi connectivity index (χ2n) is 6.80. The van der Waals surface area contributed by atoms with Crippen molar-refractivity contribution in [3.8, 4) is 11.5 Å². The number of aryl methyl sites for hydroxylation is 1. The van der Waals surface area contributed by atoms with Gasteiger partial charge in [-0.05, 0) is 30.7 Å². The van der Waals surface area contributed by atoms with Crippen LogP contribution in [-0.4, -0.2) is 35.3 Å². The number of hydrogen-bond acceptors (Lipinski definition) is 6. The number of hydrazine groups is 1. The third kappa shape index (κ3) is 4.77. The van der Waals surface area contributed by atoms with Gasteiger partial charge in [0.05, 0.1) is 12.5 Å². The Morgan fingerprint density at radius 2 is 1.81 bits per heavy atom. The molecular weight excluding hydrogens is 412 g/mol. The number of benzene rings is 2. The molecule has 2 aromatic carbocycles. The lowest BCUT2D eigenvalue weighted by Gasteiger charge is -2.13. The first-order valence-corrected chi connectivity index (χ1v) is 10.0. The first-order chi connectivity index (χ1) is 15.5. The summed E-state index contributed by atoms with van der Waals surface area (Å²) in [5, 5.41) is 4.99. The maximum atomic E-state index is 12.8. The molecule has 2 N–H and O–H groups in total. The number of rotatable bonds is 8. The Labute approximate surface area is 184 Å². The lowest BCUT2D eigenvalue weighted by atomic mass is 10.1. The fourth-order valence-corrected chi connectivity index (χ4v) is 3.09. The molecule has 2 amide bonds. The zero-order chi connectivity index (χ0) is 23.1. The minimum Gasteiger partial charge on any atom is -0.493 e. The van der Waals surface area contributed by atoms with Crippen LogP contribution in [0.15, 0.2) is 59.9 Å². The van der Waals surface area contributed by atoms with Gasteiger partial charge in [-0.15, -0.1) is 0 Å². The Balaban J connectivity index is 1.81. The van der Waals surface area contributed by atoms with Crippen molar-refractivity contribution in [3.05, 3.63) is 76.7 Å². The molecule has 0 aliphatic rings. The molecule has 0 spiro atoms. The molecule has 3 aromatic rings. The number of carbonyl (C=O) groups excluding carboxylic acids is 2. The highest BCUT2D eigenvalue weighted by Gasteiger charge is 2.18. The SMILES string of the molecule is C=CCOc1ccc(C(=O)NNC(=O)c2nn(CCC)c(=O)c3ccccc23)cc1OC. The van der Waals surface area contributed by atoms with Crippen LogP contribution in [0, 0.1) is 0 Å². The van der Waals surface area contributed by atoms with Crippen molar-refractivity contribution in [3.63, 3.8) is 0 Å². The van der Waals surface area contributed by atoms with Crippen LogP contribution in [0.3, 0.4) is 0 Å². The number of hydrogen-bond donors (Lipinski definition) is 2. The van der Waals surface area contributed by atoms with Gasteiger partial charge >= 0.3 is 0 Å². The third-order valence-corrected chi connectivity index (χ3v) is 4.59. The van der Waals surface area contributed by atoms with Crippen LogP contribution in [0.4, 0.5) is 0 Å². The monoisotopic (exact) mass is 436 g/mol. The second-order valence-corrected chi connectivity index (χ2v) is 6.80. The topological polar surface area (TPSA) is 112 Å². The number of amides is 2. The van der Waals surface area contributed by atoms with Gasteiger partial charge in [-0.3, -0.25) is 25.2 Å². The molecule has 9 nitrogen and oxygen atoms in total. The lowest BCUT2D eigenvalue weighted by Crippen LogP contribution is -2.42. The van der Waals surface area contributed by atoms with Gasteiger partial charge in [0.25, 0.3) is 17.4 Å². The fourth-order valence-electron chi connectivity index (χ4n) is 3.09. The average Bonchev–Trinajstić information content (AvgIpc) is 2.82. The van der Waals surface area contributed by atoms with E-state index in [4.69, 9.17) is 9.47 Å². The van der Waals surface area contributed by atoms with Gasteiger partial charge < -0.3 is 9.47 Å². The maximum Gasteiger partial charge on any atom is 0.290 e. The quantitative estimate of drug-likeness (QED) is 0.414. The predicted octanol–water partition coefficient (Wildman–Crippen LogP) is 2.45. The molecule has 0 aliphatic heterocycles. The number of carbonyl (C=O) groups is 2. The van der Waals surface area contributed by atoms with Crippen molar-refractivity contribution in [2.45, 2.75) is 19.9 Å². The van der Waals surface area contributed by atoms with E-state index < -0.39 is 11.8 Å². The van der Waals surface area contributed by atoms with Crippen LogP contribution in [0.25, 0.3) is 10.8 Å². The minimum absolute atomic E-state index is 0.0414. The fraction of sp³-hybridized carbons (Fsp3) is 0.217. The van der Waals surface area contributed by atoms with Crippen molar-refractivity contribution in [1.29, 1.82) is 0 Å². The van der Waals surface area contributed by atoms with E-state index in [1.165, 1.54) is 23.9 Å². The summed E-state index contributed by atoms with van der Waals surface area (Å²) in [6.07, 6.45) is 2.27. The highest BCUT2D eigenvalue weighted by atomic mass is 16.5. The Morgan fingerprint density at radius 1 is 1.09 bits per heavy atom. The Kier molecular flexibility index (Phi) is 7.22. The van der Waals surface area contributed by atoms with E-state index in [2.05, 4.69) is 22.5 Å². The highest BCUT2D eigenvalue weighted by Crippen LogP contribution is 2.28. The first kappa shape index (κ1) is 22.5. The molecule has 9 heteroatoms. The first-order valence-electron chi connectivity index (χ1n) is 10.0. The molecule has 0 saturated heterocycles. The molecule has 0 bridgehead atoms. The summed E-state index contributed by atoms with van der Waals surface area (Å²) < 4.78 is 12.0. The van der Waals surface area contributed by atoms with Gasteiger partial charge in [0.1, 0.15) is 6.61 Å². The summed E-state index contributed by atoms with van der Waals surface area (Å²) >= 11 is 0. The van der Waals surface area contributed by atoms with Crippen molar-refractivity contribution < 1.29 is 19.1 Å². The molecule has 0 atom stereocenters. The number of ether oxygens (including phenoxy) is 2. The summed E-state index contributed by atoms with van der Waals surface area (Å²) in [5.41, 5.74) is 4.75. The van der Waals surface area contributed by atoms with Crippen LogP contribution in [0.5, 0.6) is 11.5 Å². The van der Waals surface area contributed by atoms with E-state index in [0.717, 1.165) is 0 Å². The average molecular weight is 436 g/mol. The highest BCUT2D eigenvalue weighted by molar-refractivity contribution is 6.06. The van der Waals surface area contributed by atoms with Crippen molar-refractivity contribution in [1.82, 2.24) is 20.6 Å². The van der Waals surface area contributed by atoms with Crippen LogP contribution >= 0.6 is 0 Å². The summed E-state index contributed by atoms with van der Waals surface area (Å²) in [6, 6.07) is 11.3. The van der Waals surface area contributed by atoms with E-state index >= 15 is 0 Å². The van der Waals surface area contributed by atoms with Crippen molar-refractivity contribution in [2.24, 2.45) is 0 Å². The molecule has 0 radical (unpaired) electrons. The smallest absolute Gasteiger partial charge is 0.290 e. The van der Waals surface area contributed by atoms with Gasteiger partial charge in [0.15, 0.2) is 17.2 Å². The minimum atomic E-state index is -0.641. The van der Waals surface area contributed by atoms with Crippen molar-refractivity contribution in [2.75, 3.05) is 13.7 Å². The molecule has 0 unspecified atom stereocenters. The van der Waals surface area contributed by atoms with Gasteiger partial charge in [-0.25, -0.2) is 4.68 Å². The summed E-state index contributed by atoms with van der Waals surface area (Å²) in [6.45, 7) is 6.16. The lowest BCUT2D eigenvalue weighted by molar-refractivity contribution is 0.0843. The van der Waals surface area contributed by atoms with E-state index in [1.807, 2.05) is 6.92 Å². The van der Waals surface area contributed by atoms with Gasteiger partial charge in [0.2, 0.25) is 0 Å². The Morgan fingerprint density at radius 3 is 2.50 bits per heavy atom. The summed E-state index contributed by atoms with van der Waals surface area (Å²) in [4.78, 5) is 37.9. The Hall–Kier alpha value is -4.14. The van der Waals surface area contributed by atoms with Gasteiger partial charge in [0, 0.05) is 17.5 Å². The zero-order valence-electron chi connectivity index (χ0n) is 17.9. The zero-order valence-corrected chi connectivity index (χ0v) is 17.9. The third-order valence-electron chi connectivity index (χ3n) is 4.59. The standard InChI is InChI=1S/C23H24N4O5/c1-4-12-27-23(30)17-9-7-6-8-16(17)20(26-27)22(29)25-24-21(28)15-10-11-18(32-13-5-2)19(14-15)31-3/h5-11,14H,2,4,12-13H2,1,3H3,(H,24,28)(H,25,29). The molecule has 3 rings (SSSR count). The largest absolute Gasteiger partial charge is 0.493 e.